The van der Waals surface area contributed by atoms with Gasteiger partial charge in [-0.15, -0.1) is 0 Å². The zero-order valence-corrected chi connectivity index (χ0v) is 11.4. The summed E-state index contributed by atoms with van der Waals surface area (Å²) in [5, 5.41) is 0. The van der Waals surface area contributed by atoms with E-state index in [0.29, 0.717) is 25.4 Å². The summed E-state index contributed by atoms with van der Waals surface area (Å²) in [6.07, 6.45) is 0. The molecule has 6 heteroatoms. The van der Waals surface area contributed by atoms with Gasteiger partial charge in [-0.25, -0.2) is 8.42 Å². The lowest BCUT2D eigenvalue weighted by Gasteiger charge is -2.40. The highest BCUT2D eigenvalue weighted by Gasteiger charge is 2.39. The molecule has 0 amide bonds. The SMILES string of the molecule is CC1(C)COCCN1S(=O)(=O)c1ccc(N)cc1. The van der Waals surface area contributed by atoms with Gasteiger partial charge in [0.2, 0.25) is 10.0 Å². The van der Waals surface area contributed by atoms with Gasteiger partial charge in [-0.1, -0.05) is 0 Å². The van der Waals surface area contributed by atoms with Crippen LogP contribution in [-0.4, -0.2) is 38.0 Å². The van der Waals surface area contributed by atoms with E-state index in [1.807, 2.05) is 13.8 Å². The first kappa shape index (κ1) is 13.3. The molecule has 1 heterocycles. The zero-order valence-electron chi connectivity index (χ0n) is 10.6. The van der Waals surface area contributed by atoms with Crippen LogP contribution in [0.25, 0.3) is 0 Å². The zero-order chi connectivity index (χ0) is 13.4. The quantitative estimate of drug-likeness (QED) is 0.816. The summed E-state index contributed by atoms with van der Waals surface area (Å²) in [4.78, 5) is 0.270. The van der Waals surface area contributed by atoms with Crippen LogP contribution in [0.1, 0.15) is 13.8 Å². The van der Waals surface area contributed by atoms with Crippen LogP contribution in [0.15, 0.2) is 29.2 Å². The van der Waals surface area contributed by atoms with Crippen molar-refractivity contribution in [3.63, 3.8) is 0 Å². The second-order valence-corrected chi connectivity index (χ2v) is 6.87. The van der Waals surface area contributed by atoms with Crippen molar-refractivity contribution in [3.8, 4) is 0 Å². The van der Waals surface area contributed by atoms with Gasteiger partial charge in [0.15, 0.2) is 0 Å². The first-order valence-electron chi connectivity index (χ1n) is 5.80. The topological polar surface area (TPSA) is 72.6 Å². The van der Waals surface area contributed by atoms with Crippen LogP contribution in [0, 0.1) is 0 Å². The third-order valence-corrected chi connectivity index (χ3v) is 5.16. The smallest absolute Gasteiger partial charge is 0.243 e. The molecule has 1 saturated heterocycles. The number of morpholine rings is 1. The summed E-state index contributed by atoms with van der Waals surface area (Å²) in [5.41, 5.74) is 5.60. The highest BCUT2D eigenvalue weighted by Crippen LogP contribution is 2.27. The third kappa shape index (κ3) is 2.36. The van der Waals surface area contributed by atoms with Gasteiger partial charge in [-0.3, -0.25) is 0 Å². The summed E-state index contributed by atoms with van der Waals surface area (Å²) in [5.74, 6) is 0. The molecule has 1 aliphatic rings. The maximum atomic E-state index is 12.5. The average molecular weight is 270 g/mol. The third-order valence-electron chi connectivity index (χ3n) is 3.04. The first-order valence-corrected chi connectivity index (χ1v) is 7.24. The van der Waals surface area contributed by atoms with Crippen molar-refractivity contribution in [2.24, 2.45) is 0 Å². The number of benzene rings is 1. The van der Waals surface area contributed by atoms with Crippen LogP contribution in [-0.2, 0) is 14.8 Å². The predicted octanol–water partition coefficient (Wildman–Crippen LogP) is 1.07. The minimum absolute atomic E-state index is 0.270. The highest BCUT2D eigenvalue weighted by atomic mass is 32.2. The van der Waals surface area contributed by atoms with E-state index in [2.05, 4.69) is 0 Å². The van der Waals surface area contributed by atoms with E-state index < -0.39 is 15.6 Å². The van der Waals surface area contributed by atoms with Gasteiger partial charge in [0.1, 0.15) is 0 Å². The Bertz CT molecular complexity index is 523. The summed E-state index contributed by atoms with van der Waals surface area (Å²) in [7, 11) is -3.49. The number of hydrogen-bond acceptors (Lipinski definition) is 4. The van der Waals surface area contributed by atoms with Gasteiger partial charge < -0.3 is 10.5 Å². The van der Waals surface area contributed by atoms with E-state index in [-0.39, 0.29) is 4.90 Å². The van der Waals surface area contributed by atoms with Crippen molar-refractivity contribution >= 4 is 15.7 Å². The van der Waals surface area contributed by atoms with Crippen molar-refractivity contribution in [1.29, 1.82) is 0 Å². The Labute approximate surface area is 108 Å². The lowest BCUT2D eigenvalue weighted by Crippen LogP contribution is -2.55. The molecule has 0 unspecified atom stereocenters. The lowest BCUT2D eigenvalue weighted by molar-refractivity contribution is -0.00770. The lowest BCUT2D eigenvalue weighted by atomic mass is 10.1. The molecule has 0 atom stereocenters. The van der Waals surface area contributed by atoms with Gasteiger partial charge >= 0.3 is 0 Å². The van der Waals surface area contributed by atoms with Crippen LogP contribution >= 0.6 is 0 Å². The first-order chi connectivity index (χ1) is 8.34. The van der Waals surface area contributed by atoms with Gasteiger partial charge in [0, 0.05) is 12.2 Å². The number of nitrogen functional groups attached to an aromatic ring is 1. The minimum Gasteiger partial charge on any atom is -0.399 e. The Morgan fingerprint density at radius 1 is 1.28 bits per heavy atom. The molecule has 1 aliphatic heterocycles. The van der Waals surface area contributed by atoms with Gasteiger partial charge in [-0.2, -0.15) is 4.31 Å². The van der Waals surface area contributed by atoms with Crippen molar-refractivity contribution in [3.05, 3.63) is 24.3 Å². The van der Waals surface area contributed by atoms with Gasteiger partial charge in [0.05, 0.1) is 23.6 Å². The molecule has 0 saturated carbocycles. The van der Waals surface area contributed by atoms with E-state index >= 15 is 0 Å². The Morgan fingerprint density at radius 3 is 2.44 bits per heavy atom. The molecule has 100 valence electrons. The second kappa shape index (κ2) is 4.53. The number of nitrogens with zero attached hydrogens (tertiary/aromatic N) is 1. The molecule has 0 bridgehead atoms. The molecule has 1 fully saturated rings. The average Bonchev–Trinajstić information content (AvgIpc) is 2.28. The number of sulfonamides is 1. The van der Waals surface area contributed by atoms with Gasteiger partial charge in [-0.05, 0) is 38.1 Å². The van der Waals surface area contributed by atoms with Crippen LogP contribution in [0.3, 0.4) is 0 Å². The number of ether oxygens (including phenoxy) is 1. The molecule has 1 aromatic rings. The molecule has 2 N–H and O–H groups in total. The number of anilines is 1. The molecule has 0 aromatic heterocycles. The molecular weight excluding hydrogens is 252 g/mol. The summed E-state index contributed by atoms with van der Waals surface area (Å²) in [6.45, 7) is 4.93. The van der Waals surface area contributed by atoms with Crippen LogP contribution in [0.2, 0.25) is 0 Å². The molecule has 1 aromatic carbocycles. The van der Waals surface area contributed by atoms with E-state index in [0.717, 1.165) is 0 Å². The highest BCUT2D eigenvalue weighted by molar-refractivity contribution is 7.89. The standard InChI is InChI=1S/C12H18N2O3S/c1-12(2)9-17-8-7-14(12)18(15,16)11-5-3-10(13)4-6-11/h3-6H,7-9,13H2,1-2H3. The van der Waals surface area contributed by atoms with Crippen LogP contribution in [0.4, 0.5) is 5.69 Å². The minimum atomic E-state index is -3.49. The second-order valence-electron chi connectivity index (χ2n) is 5.01. The van der Waals surface area contributed by atoms with E-state index in [9.17, 15) is 8.42 Å². The molecule has 2 rings (SSSR count). The van der Waals surface area contributed by atoms with Crippen molar-refractivity contribution in [1.82, 2.24) is 4.31 Å². The van der Waals surface area contributed by atoms with Crippen LogP contribution < -0.4 is 5.73 Å². The Morgan fingerprint density at radius 2 is 1.89 bits per heavy atom. The number of hydrogen-bond donors (Lipinski definition) is 1. The van der Waals surface area contributed by atoms with Gasteiger partial charge in [0.25, 0.3) is 0 Å². The fraction of sp³-hybridized carbons (Fsp3) is 0.500. The van der Waals surface area contributed by atoms with E-state index in [1.165, 1.54) is 16.4 Å². The Kier molecular flexibility index (Phi) is 3.35. The summed E-state index contributed by atoms with van der Waals surface area (Å²) in [6, 6.07) is 6.27. The largest absolute Gasteiger partial charge is 0.399 e. The normalized spacial score (nSPS) is 20.8. The molecule has 0 radical (unpaired) electrons. The molecule has 0 aliphatic carbocycles. The van der Waals surface area contributed by atoms with E-state index in [1.54, 1.807) is 12.1 Å². The van der Waals surface area contributed by atoms with Crippen LogP contribution in [0.5, 0.6) is 0 Å². The van der Waals surface area contributed by atoms with Crippen molar-refractivity contribution in [2.45, 2.75) is 24.3 Å². The molecule has 0 spiro atoms. The summed E-state index contributed by atoms with van der Waals surface area (Å²) < 4.78 is 31.9. The Balaban J connectivity index is 2.38. The Hall–Kier alpha value is -1.11. The fourth-order valence-corrected chi connectivity index (χ4v) is 3.81. The number of nitrogens with two attached hydrogens (primary N) is 1. The summed E-state index contributed by atoms with van der Waals surface area (Å²) >= 11 is 0. The monoisotopic (exact) mass is 270 g/mol. The molecule has 5 nitrogen and oxygen atoms in total. The van der Waals surface area contributed by atoms with E-state index in [4.69, 9.17) is 10.5 Å². The van der Waals surface area contributed by atoms with Crippen molar-refractivity contribution in [2.75, 3.05) is 25.5 Å². The predicted molar refractivity (Wildman–Crippen MR) is 69.6 cm³/mol. The fourth-order valence-electron chi connectivity index (χ4n) is 2.06. The molecule has 18 heavy (non-hydrogen) atoms. The van der Waals surface area contributed by atoms with Crippen molar-refractivity contribution < 1.29 is 13.2 Å². The number of rotatable bonds is 2. The maximum absolute atomic E-state index is 12.5. The molecular formula is C12H18N2O3S. The maximum Gasteiger partial charge on any atom is 0.243 e.